The van der Waals surface area contributed by atoms with Crippen molar-refractivity contribution in [1.82, 2.24) is 0 Å². The first kappa shape index (κ1) is 40.5. The fraction of sp³-hybridized carbons (Fsp3) is 0.440. The van der Waals surface area contributed by atoms with Gasteiger partial charge in [0.15, 0.2) is 0 Å². The Balaban J connectivity index is 0.00000240. The average Bonchev–Trinajstić information content (AvgIpc) is 3.39. The van der Waals surface area contributed by atoms with Crippen LogP contribution in [0.5, 0.6) is 0 Å². The molecule has 0 radical (unpaired) electrons. The van der Waals surface area contributed by atoms with Crippen molar-refractivity contribution >= 4 is 12.2 Å². The molecule has 1 saturated heterocycles. The standard InChI is InChI=1S/2C22H25.C6H10.2ClH.Hf/c2*1-15(2)12-17-13-20-6-5-7-21(22(20)14-17)19-10-8-18(9-11-19)16(3)4;1-2-4-6-5-3-1;;;/h2*5-11,13-16H,12H2,1-4H3;1-2H,3-6H2;2*1H;/q;;;;;+2/p-2. The van der Waals surface area contributed by atoms with E-state index in [1.165, 1.54) is 71.9 Å². The molecule has 53 heavy (non-hydrogen) atoms. The van der Waals surface area contributed by atoms with Gasteiger partial charge in [0.1, 0.15) is 0 Å². The predicted octanol–water partition coefficient (Wildman–Crippen LogP) is 9.26. The van der Waals surface area contributed by atoms with Crippen molar-refractivity contribution in [3.05, 3.63) is 129 Å². The first-order chi connectivity index (χ1) is 24.6. The summed E-state index contributed by atoms with van der Waals surface area (Å²) in [6.07, 6.45) is 13.8. The average molecular weight is 910 g/mol. The largest absolute Gasteiger partial charge is 1.00 e. The molecule has 4 aliphatic rings. The van der Waals surface area contributed by atoms with Crippen LogP contribution >= 0.6 is 0 Å². The van der Waals surface area contributed by atoms with E-state index in [-0.39, 0.29) is 24.8 Å². The fourth-order valence-corrected chi connectivity index (χ4v) is 46.5. The van der Waals surface area contributed by atoms with Gasteiger partial charge in [0, 0.05) is 0 Å². The Labute approximate surface area is 338 Å². The topological polar surface area (TPSA) is 0 Å². The first-order valence-electron chi connectivity index (χ1n) is 20.5. The molecule has 2 fully saturated rings. The van der Waals surface area contributed by atoms with Crippen LogP contribution in [0, 0.1) is 11.8 Å². The van der Waals surface area contributed by atoms with Crippen LogP contribution in [0.2, 0.25) is 7.35 Å². The second-order valence-electron chi connectivity index (χ2n) is 18.2. The zero-order valence-corrected chi connectivity index (χ0v) is 38.5. The minimum absolute atomic E-state index is 0. The van der Waals surface area contributed by atoms with Gasteiger partial charge in [-0.05, 0) is 0 Å². The molecule has 4 aromatic rings. The van der Waals surface area contributed by atoms with Gasteiger partial charge in [-0.3, -0.25) is 0 Å². The van der Waals surface area contributed by atoms with Crippen LogP contribution < -0.4 is 24.8 Å². The maximum Gasteiger partial charge on any atom is -1.00 e. The Morgan fingerprint density at radius 1 is 0.509 bits per heavy atom. The molecule has 1 aliphatic heterocycles. The molecular formula is C50H60Cl2Hf. The summed E-state index contributed by atoms with van der Waals surface area (Å²) in [6.45, 7) is 19.1. The van der Waals surface area contributed by atoms with Crippen LogP contribution in [0.15, 0.2) is 96.1 Å². The summed E-state index contributed by atoms with van der Waals surface area (Å²) < 4.78 is 3.40. The molecule has 0 nitrogen and oxygen atoms in total. The van der Waals surface area contributed by atoms with E-state index in [0.717, 1.165) is 7.35 Å². The minimum atomic E-state index is -3.30. The maximum atomic E-state index is 2.74. The monoisotopic (exact) mass is 910 g/mol. The molecule has 4 atom stereocenters. The Bertz CT molecular complexity index is 1830. The van der Waals surface area contributed by atoms with Gasteiger partial charge >= 0.3 is 316 Å². The van der Waals surface area contributed by atoms with E-state index in [4.69, 9.17) is 0 Å². The van der Waals surface area contributed by atoms with Crippen LogP contribution in [0.1, 0.15) is 146 Å². The number of fused-ring (bicyclic) bond motifs is 3. The van der Waals surface area contributed by atoms with E-state index >= 15 is 0 Å². The third kappa shape index (κ3) is 7.08. The quantitative estimate of drug-likeness (QED) is 0.139. The summed E-state index contributed by atoms with van der Waals surface area (Å²) in [5.74, 6) is 2.43. The van der Waals surface area contributed by atoms with Gasteiger partial charge in [0.2, 0.25) is 0 Å². The van der Waals surface area contributed by atoms with Crippen molar-refractivity contribution in [3.63, 3.8) is 0 Å². The van der Waals surface area contributed by atoms with Crippen molar-refractivity contribution in [2.24, 2.45) is 11.8 Å². The molecule has 1 heterocycles. The Hall–Kier alpha value is -2.19. The summed E-state index contributed by atoms with van der Waals surface area (Å²) in [6, 6.07) is 33.9. The second-order valence-corrected chi connectivity index (χ2v) is 34.8. The zero-order valence-electron chi connectivity index (χ0n) is 33.4. The summed E-state index contributed by atoms with van der Waals surface area (Å²) in [5, 5.41) is 0. The zero-order chi connectivity index (χ0) is 35.6. The molecule has 1 saturated carbocycles. The van der Waals surface area contributed by atoms with Crippen molar-refractivity contribution in [3.8, 4) is 22.3 Å². The predicted molar refractivity (Wildman–Crippen MR) is 218 cm³/mol. The molecule has 3 heteroatoms. The van der Waals surface area contributed by atoms with E-state index < -0.39 is 20.0 Å². The second kappa shape index (κ2) is 16.1. The van der Waals surface area contributed by atoms with Gasteiger partial charge in [-0.2, -0.15) is 0 Å². The summed E-state index contributed by atoms with van der Waals surface area (Å²) in [5.41, 5.74) is 18.7. The van der Waals surface area contributed by atoms with Crippen molar-refractivity contribution < 1.29 is 44.8 Å². The van der Waals surface area contributed by atoms with E-state index in [1.807, 2.05) is 0 Å². The molecule has 0 bridgehead atoms. The van der Waals surface area contributed by atoms with Gasteiger partial charge in [0.25, 0.3) is 0 Å². The van der Waals surface area contributed by atoms with E-state index in [9.17, 15) is 0 Å². The third-order valence-corrected chi connectivity index (χ3v) is 38.2. The third-order valence-electron chi connectivity index (χ3n) is 13.3. The number of allylic oxidation sites excluding steroid dienone is 2. The van der Waals surface area contributed by atoms with Crippen molar-refractivity contribution in [2.45, 2.75) is 120 Å². The van der Waals surface area contributed by atoms with E-state index in [2.05, 4.69) is 152 Å². The molecule has 3 aliphatic carbocycles. The van der Waals surface area contributed by atoms with Gasteiger partial charge in [-0.15, -0.1) is 0 Å². The Morgan fingerprint density at radius 2 is 0.887 bits per heavy atom. The Kier molecular flexibility index (Phi) is 12.3. The molecular weight excluding hydrogens is 850 g/mol. The van der Waals surface area contributed by atoms with Crippen LogP contribution in [-0.2, 0) is 20.0 Å². The molecule has 0 spiro atoms. The number of halogens is 2. The molecule has 8 rings (SSSR count). The summed E-state index contributed by atoms with van der Waals surface area (Å²) in [7, 11) is 0. The summed E-state index contributed by atoms with van der Waals surface area (Å²) >= 11 is -3.30. The summed E-state index contributed by atoms with van der Waals surface area (Å²) in [4.78, 5) is 0. The van der Waals surface area contributed by atoms with Gasteiger partial charge in [-0.1, -0.05) is 0 Å². The van der Waals surface area contributed by atoms with Crippen LogP contribution in [-0.4, -0.2) is 0 Å². The van der Waals surface area contributed by atoms with Gasteiger partial charge in [-0.25, -0.2) is 0 Å². The molecule has 0 amide bonds. The van der Waals surface area contributed by atoms with Crippen molar-refractivity contribution in [1.29, 1.82) is 0 Å². The maximum absolute atomic E-state index is 3.30. The van der Waals surface area contributed by atoms with Crippen LogP contribution in [0.4, 0.5) is 0 Å². The van der Waals surface area contributed by atoms with E-state index in [1.54, 1.807) is 33.4 Å². The van der Waals surface area contributed by atoms with Crippen molar-refractivity contribution in [2.75, 3.05) is 0 Å². The SMILES string of the molecule is CC(C)CC1=Cc2c(-c3ccc(C(C)C)cc3)cccc2[CH]1[Hf+2]1([CH]2C(CC(C)C)=Cc3c(-c4ccc(C(C)C)cc4)cccc32)[CH]2CCCC[CH]21.[Cl-].[Cl-]. The smallest absolute Gasteiger partial charge is 1.00 e. The normalized spacial score (nSPS) is 22.8. The number of rotatable bonds is 10. The molecule has 0 N–H and O–H groups in total. The number of benzene rings is 4. The number of hydrogen-bond acceptors (Lipinski definition) is 0. The first-order valence-corrected chi connectivity index (χ1v) is 28.8. The molecule has 4 unspecified atom stereocenters. The molecule has 0 aromatic heterocycles. The molecule has 278 valence electrons. The Morgan fingerprint density at radius 3 is 1.23 bits per heavy atom. The number of hydrogen-bond donors (Lipinski definition) is 0. The van der Waals surface area contributed by atoms with Gasteiger partial charge < -0.3 is 24.8 Å². The fourth-order valence-electron chi connectivity index (χ4n) is 11.2. The molecule has 4 aromatic carbocycles. The van der Waals surface area contributed by atoms with E-state index in [0.29, 0.717) is 31.0 Å². The van der Waals surface area contributed by atoms with Gasteiger partial charge in [0.05, 0.1) is 0 Å². The van der Waals surface area contributed by atoms with Crippen LogP contribution in [0.25, 0.3) is 34.4 Å². The van der Waals surface area contributed by atoms with Crippen LogP contribution in [0.3, 0.4) is 0 Å². The minimum Gasteiger partial charge on any atom is -1.00 e.